The molecule has 19 heavy (non-hydrogen) atoms. The average Bonchev–Trinajstić information content (AvgIpc) is 2.60. The average molecular weight is 278 g/mol. The van der Waals surface area contributed by atoms with Crippen LogP contribution in [0, 0.1) is 0 Å². The van der Waals surface area contributed by atoms with Gasteiger partial charge < -0.3 is 14.4 Å². The number of halogens is 3. The Kier molecular flexibility index (Phi) is 3.68. The van der Waals surface area contributed by atoms with Gasteiger partial charge >= 0.3 is 12.1 Å². The fraction of sp³-hybridized carbons (Fsp3) is 0.636. The second-order valence-electron chi connectivity index (χ2n) is 4.38. The summed E-state index contributed by atoms with van der Waals surface area (Å²) in [6, 6.07) is -0.258. The third kappa shape index (κ3) is 2.99. The van der Waals surface area contributed by atoms with Crippen LogP contribution >= 0.6 is 0 Å². The lowest BCUT2D eigenvalue weighted by Crippen LogP contribution is -2.24. The number of hydrogen-bond donors (Lipinski definition) is 1. The predicted octanol–water partition coefficient (Wildman–Crippen LogP) is 2.77. The number of oxazole rings is 1. The zero-order valence-corrected chi connectivity index (χ0v) is 10.0. The zero-order valence-electron chi connectivity index (χ0n) is 10.0. The maximum absolute atomic E-state index is 12.7. The highest BCUT2D eigenvalue weighted by Gasteiger charge is 2.42. The molecule has 0 unspecified atom stereocenters. The fourth-order valence-electron chi connectivity index (χ4n) is 2.04. The minimum Gasteiger partial charge on any atom is -0.475 e. The van der Waals surface area contributed by atoms with Gasteiger partial charge in [-0.3, -0.25) is 0 Å². The first kappa shape index (κ1) is 13.7. The number of aromatic carboxylic acids is 1. The molecule has 1 aromatic rings. The van der Waals surface area contributed by atoms with E-state index >= 15 is 0 Å². The summed E-state index contributed by atoms with van der Waals surface area (Å²) < 4.78 is 42.8. The van der Waals surface area contributed by atoms with Crippen LogP contribution in [-0.2, 0) is 6.18 Å². The second kappa shape index (κ2) is 5.10. The van der Waals surface area contributed by atoms with E-state index in [0.717, 1.165) is 25.7 Å². The molecule has 1 aliphatic heterocycles. The van der Waals surface area contributed by atoms with Crippen LogP contribution in [0.25, 0.3) is 0 Å². The third-order valence-electron chi connectivity index (χ3n) is 2.96. The Hall–Kier alpha value is -1.73. The molecule has 0 bridgehead atoms. The maximum atomic E-state index is 12.7. The number of carboxylic acids is 1. The molecule has 2 heterocycles. The quantitative estimate of drug-likeness (QED) is 0.901. The van der Waals surface area contributed by atoms with Gasteiger partial charge in [-0.15, -0.1) is 0 Å². The van der Waals surface area contributed by atoms with Gasteiger partial charge in [0.1, 0.15) is 0 Å². The van der Waals surface area contributed by atoms with Crippen LogP contribution in [0.2, 0.25) is 0 Å². The summed E-state index contributed by atoms with van der Waals surface area (Å²) in [6.07, 6.45) is -1.19. The molecule has 5 nitrogen and oxygen atoms in total. The molecule has 0 spiro atoms. The van der Waals surface area contributed by atoms with Crippen molar-refractivity contribution in [3.05, 3.63) is 11.5 Å². The highest BCUT2D eigenvalue weighted by Crippen LogP contribution is 2.34. The Morgan fingerprint density at radius 1 is 1.21 bits per heavy atom. The molecule has 8 heteroatoms. The number of hydrogen-bond acceptors (Lipinski definition) is 4. The van der Waals surface area contributed by atoms with E-state index < -0.39 is 23.6 Å². The Bertz CT molecular complexity index is 462. The Balaban J connectivity index is 2.34. The Morgan fingerprint density at radius 2 is 1.79 bits per heavy atom. The van der Waals surface area contributed by atoms with Gasteiger partial charge in [0.2, 0.25) is 5.76 Å². The van der Waals surface area contributed by atoms with Crippen LogP contribution in [0.4, 0.5) is 19.2 Å². The van der Waals surface area contributed by atoms with Gasteiger partial charge in [-0.25, -0.2) is 4.79 Å². The van der Waals surface area contributed by atoms with E-state index in [9.17, 15) is 18.0 Å². The second-order valence-corrected chi connectivity index (χ2v) is 4.38. The van der Waals surface area contributed by atoms with Crippen molar-refractivity contribution in [2.75, 3.05) is 18.0 Å². The van der Waals surface area contributed by atoms with Gasteiger partial charge in [0.15, 0.2) is 5.69 Å². The first-order chi connectivity index (χ1) is 8.89. The minimum atomic E-state index is -4.83. The number of alkyl halides is 3. The van der Waals surface area contributed by atoms with Gasteiger partial charge in [-0.2, -0.15) is 18.2 Å². The summed E-state index contributed by atoms with van der Waals surface area (Å²) in [5.74, 6) is -2.91. The predicted molar refractivity (Wildman–Crippen MR) is 59.1 cm³/mol. The SMILES string of the molecule is O=C(O)c1oc(N2CCCCCC2)nc1C(F)(F)F. The van der Waals surface area contributed by atoms with Crippen LogP contribution in [0.15, 0.2) is 4.42 Å². The maximum Gasteiger partial charge on any atom is 0.437 e. The van der Waals surface area contributed by atoms with Crippen LogP contribution in [-0.4, -0.2) is 29.1 Å². The van der Waals surface area contributed by atoms with Crippen molar-refractivity contribution in [3.8, 4) is 0 Å². The van der Waals surface area contributed by atoms with Crippen molar-refractivity contribution in [3.63, 3.8) is 0 Å². The molecule has 1 aliphatic rings. The van der Waals surface area contributed by atoms with Crippen LogP contribution in [0.1, 0.15) is 41.9 Å². The smallest absolute Gasteiger partial charge is 0.437 e. The highest BCUT2D eigenvalue weighted by molar-refractivity contribution is 5.86. The number of carbonyl (C=O) groups is 1. The molecule has 0 aliphatic carbocycles. The zero-order chi connectivity index (χ0) is 14.0. The molecule has 0 aromatic carbocycles. The molecular weight excluding hydrogens is 265 g/mol. The first-order valence-corrected chi connectivity index (χ1v) is 5.96. The number of carboxylic acid groups (broad SMARTS) is 1. The lowest BCUT2D eigenvalue weighted by atomic mass is 10.2. The summed E-state index contributed by atoms with van der Waals surface area (Å²) in [5.41, 5.74) is -1.47. The lowest BCUT2D eigenvalue weighted by molar-refractivity contribution is -0.141. The van der Waals surface area contributed by atoms with E-state index in [1.165, 1.54) is 0 Å². The number of nitrogens with zero attached hydrogens (tertiary/aromatic N) is 2. The van der Waals surface area contributed by atoms with Gasteiger partial charge in [0.05, 0.1) is 0 Å². The summed E-state index contributed by atoms with van der Waals surface area (Å²) in [5, 5.41) is 8.74. The van der Waals surface area contributed by atoms with Gasteiger partial charge in [-0.1, -0.05) is 12.8 Å². The molecule has 1 aromatic heterocycles. The van der Waals surface area contributed by atoms with E-state index in [1.807, 2.05) is 0 Å². The van der Waals surface area contributed by atoms with Crippen molar-refractivity contribution in [1.82, 2.24) is 4.98 Å². The molecule has 1 fully saturated rings. The Morgan fingerprint density at radius 3 is 2.21 bits per heavy atom. The van der Waals surface area contributed by atoms with Crippen molar-refractivity contribution >= 4 is 12.0 Å². The van der Waals surface area contributed by atoms with Gasteiger partial charge in [0, 0.05) is 13.1 Å². The topological polar surface area (TPSA) is 66.6 Å². The molecule has 0 amide bonds. The molecule has 1 N–H and O–H groups in total. The van der Waals surface area contributed by atoms with Crippen LogP contribution in [0.3, 0.4) is 0 Å². The summed E-state index contributed by atoms with van der Waals surface area (Å²) in [4.78, 5) is 15.7. The van der Waals surface area contributed by atoms with E-state index in [2.05, 4.69) is 4.98 Å². The number of rotatable bonds is 2. The number of anilines is 1. The molecule has 106 valence electrons. The molecule has 0 radical (unpaired) electrons. The van der Waals surface area contributed by atoms with Gasteiger partial charge in [0.25, 0.3) is 6.01 Å². The number of aromatic nitrogens is 1. The monoisotopic (exact) mass is 278 g/mol. The van der Waals surface area contributed by atoms with E-state index in [-0.39, 0.29) is 6.01 Å². The standard InChI is InChI=1S/C11H13F3N2O3/c12-11(13,14)8-7(9(17)18)19-10(15-8)16-5-3-1-2-4-6-16/h1-6H2,(H,17,18). The molecule has 2 rings (SSSR count). The largest absolute Gasteiger partial charge is 0.475 e. The lowest BCUT2D eigenvalue weighted by Gasteiger charge is -2.16. The van der Waals surface area contributed by atoms with E-state index in [4.69, 9.17) is 9.52 Å². The van der Waals surface area contributed by atoms with E-state index in [0.29, 0.717) is 13.1 Å². The molecule has 1 saturated heterocycles. The van der Waals surface area contributed by atoms with Crippen LogP contribution in [0.5, 0.6) is 0 Å². The fourth-order valence-corrected chi connectivity index (χ4v) is 2.04. The van der Waals surface area contributed by atoms with Crippen molar-refractivity contribution in [2.24, 2.45) is 0 Å². The van der Waals surface area contributed by atoms with Crippen molar-refractivity contribution in [1.29, 1.82) is 0 Å². The summed E-state index contributed by atoms with van der Waals surface area (Å²) in [7, 11) is 0. The highest BCUT2D eigenvalue weighted by atomic mass is 19.4. The van der Waals surface area contributed by atoms with Gasteiger partial charge in [-0.05, 0) is 12.8 Å². The third-order valence-corrected chi connectivity index (χ3v) is 2.96. The summed E-state index contributed by atoms with van der Waals surface area (Å²) in [6.45, 7) is 1.05. The van der Waals surface area contributed by atoms with Crippen molar-refractivity contribution < 1.29 is 27.5 Å². The molecule has 0 saturated carbocycles. The first-order valence-electron chi connectivity index (χ1n) is 5.96. The normalized spacial score (nSPS) is 17.3. The van der Waals surface area contributed by atoms with E-state index in [1.54, 1.807) is 4.90 Å². The minimum absolute atomic E-state index is 0.258. The van der Waals surface area contributed by atoms with Crippen molar-refractivity contribution in [2.45, 2.75) is 31.9 Å². The molecular formula is C11H13F3N2O3. The van der Waals surface area contributed by atoms with Crippen LogP contribution < -0.4 is 4.90 Å². The Labute approximate surface area is 107 Å². The summed E-state index contributed by atoms with van der Waals surface area (Å²) >= 11 is 0. The molecule has 0 atom stereocenters.